The summed E-state index contributed by atoms with van der Waals surface area (Å²) in [4.78, 5) is 12.6. The van der Waals surface area contributed by atoms with Crippen LogP contribution in [0.3, 0.4) is 0 Å². The van der Waals surface area contributed by atoms with Gasteiger partial charge in [0, 0.05) is 17.5 Å². The molecule has 0 unspecified atom stereocenters. The second-order valence-electron chi connectivity index (χ2n) is 6.60. The van der Waals surface area contributed by atoms with Crippen molar-refractivity contribution in [2.24, 2.45) is 0 Å². The minimum atomic E-state index is -0.564. The number of rotatable bonds is 5. The molecule has 0 fully saturated rings. The summed E-state index contributed by atoms with van der Waals surface area (Å²) < 4.78 is 7.53. The molecule has 1 aromatic heterocycles. The molecule has 0 spiro atoms. The number of aromatic nitrogens is 2. The number of hydrogen-bond acceptors (Lipinski definition) is 3. The molecular formula is C21H20ClN3O2. The Morgan fingerprint density at radius 1 is 1.22 bits per heavy atom. The largest absolute Gasteiger partial charge is 0.480 e. The van der Waals surface area contributed by atoms with Crippen LogP contribution in [0.5, 0.6) is 5.75 Å². The Hall–Kier alpha value is -2.79. The van der Waals surface area contributed by atoms with Gasteiger partial charge in [0.1, 0.15) is 11.6 Å². The number of amides is 1. The SMILES string of the molecule is CCc1ccc(Cn2nccc2NC(=O)[C@@H]2Cc3cc(Cl)ccc3O2)cc1. The second-order valence-corrected chi connectivity index (χ2v) is 7.03. The summed E-state index contributed by atoms with van der Waals surface area (Å²) in [6.07, 6.45) is 2.64. The Kier molecular flexibility index (Phi) is 4.86. The fourth-order valence-electron chi connectivity index (χ4n) is 3.19. The fraction of sp³-hybridized carbons (Fsp3) is 0.238. The maximum Gasteiger partial charge on any atom is 0.266 e. The van der Waals surface area contributed by atoms with Crippen molar-refractivity contribution in [3.63, 3.8) is 0 Å². The monoisotopic (exact) mass is 381 g/mol. The lowest BCUT2D eigenvalue weighted by molar-refractivity contribution is -0.122. The zero-order chi connectivity index (χ0) is 18.8. The van der Waals surface area contributed by atoms with E-state index in [1.165, 1.54) is 5.56 Å². The molecule has 0 saturated heterocycles. The van der Waals surface area contributed by atoms with Crippen LogP contribution in [0.15, 0.2) is 54.7 Å². The number of anilines is 1. The zero-order valence-corrected chi connectivity index (χ0v) is 15.7. The van der Waals surface area contributed by atoms with E-state index < -0.39 is 6.10 Å². The lowest BCUT2D eigenvalue weighted by Gasteiger charge is -2.13. The van der Waals surface area contributed by atoms with E-state index in [4.69, 9.17) is 16.3 Å². The number of carbonyl (C=O) groups is 1. The predicted octanol–water partition coefficient (Wildman–Crippen LogP) is 4.09. The van der Waals surface area contributed by atoms with Crippen LogP contribution in [0.25, 0.3) is 0 Å². The first-order valence-electron chi connectivity index (χ1n) is 8.98. The topological polar surface area (TPSA) is 56.2 Å². The Labute approximate surface area is 162 Å². The first-order chi connectivity index (χ1) is 13.1. The van der Waals surface area contributed by atoms with Crippen LogP contribution in [0, 0.1) is 0 Å². The van der Waals surface area contributed by atoms with Crippen LogP contribution >= 0.6 is 11.6 Å². The number of nitrogens with zero attached hydrogens (tertiary/aromatic N) is 2. The van der Waals surface area contributed by atoms with E-state index in [-0.39, 0.29) is 5.91 Å². The Bertz CT molecular complexity index is 966. The zero-order valence-electron chi connectivity index (χ0n) is 15.0. The molecule has 1 aliphatic rings. The van der Waals surface area contributed by atoms with E-state index in [1.807, 2.05) is 6.07 Å². The molecule has 0 bridgehead atoms. The highest BCUT2D eigenvalue weighted by Crippen LogP contribution is 2.31. The van der Waals surface area contributed by atoms with Gasteiger partial charge in [-0.25, -0.2) is 4.68 Å². The van der Waals surface area contributed by atoms with Crippen molar-refractivity contribution in [3.8, 4) is 5.75 Å². The Balaban J connectivity index is 1.43. The molecule has 4 rings (SSSR count). The minimum Gasteiger partial charge on any atom is -0.480 e. The predicted molar refractivity (Wildman–Crippen MR) is 105 cm³/mol. The van der Waals surface area contributed by atoms with E-state index in [0.29, 0.717) is 29.6 Å². The number of halogens is 1. The second kappa shape index (κ2) is 7.45. The maximum atomic E-state index is 12.6. The average molecular weight is 382 g/mol. The van der Waals surface area contributed by atoms with Crippen molar-refractivity contribution in [1.29, 1.82) is 0 Å². The summed E-state index contributed by atoms with van der Waals surface area (Å²) in [6.45, 7) is 2.72. The molecule has 0 radical (unpaired) electrons. The van der Waals surface area contributed by atoms with Gasteiger partial charge in [-0.15, -0.1) is 0 Å². The van der Waals surface area contributed by atoms with Gasteiger partial charge >= 0.3 is 0 Å². The highest BCUT2D eigenvalue weighted by Gasteiger charge is 2.29. The van der Waals surface area contributed by atoms with Crippen molar-refractivity contribution in [2.75, 3.05) is 5.32 Å². The highest BCUT2D eigenvalue weighted by molar-refractivity contribution is 6.30. The summed E-state index contributed by atoms with van der Waals surface area (Å²) in [7, 11) is 0. The summed E-state index contributed by atoms with van der Waals surface area (Å²) in [5.41, 5.74) is 3.38. The van der Waals surface area contributed by atoms with Crippen LogP contribution in [-0.4, -0.2) is 21.8 Å². The van der Waals surface area contributed by atoms with Gasteiger partial charge < -0.3 is 10.1 Å². The van der Waals surface area contributed by atoms with Gasteiger partial charge in [0.25, 0.3) is 5.91 Å². The molecule has 1 amide bonds. The molecular weight excluding hydrogens is 362 g/mol. The van der Waals surface area contributed by atoms with Crippen molar-refractivity contribution < 1.29 is 9.53 Å². The van der Waals surface area contributed by atoms with Gasteiger partial charge in [0.15, 0.2) is 6.10 Å². The molecule has 2 heterocycles. The number of nitrogens with one attached hydrogen (secondary N) is 1. The van der Waals surface area contributed by atoms with E-state index in [2.05, 4.69) is 41.6 Å². The minimum absolute atomic E-state index is 0.189. The Morgan fingerprint density at radius 2 is 2.00 bits per heavy atom. The van der Waals surface area contributed by atoms with E-state index >= 15 is 0 Å². The lowest BCUT2D eigenvalue weighted by Crippen LogP contribution is -2.32. The standard InChI is InChI=1S/C21H20ClN3O2/c1-2-14-3-5-15(6-4-14)13-25-20(9-10-23-25)24-21(26)19-12-16-11-17(22)7-8-18(16)27-19/h3-11,19H,2,12-13H2,1H3,(H,24,26)/t19-/m0/s1. The van der Waals surface area contributed by atoms with Crippen LogP contribution in [0.2, 0.25) is 5.02 Å². The molecule has 138 valence electrons. The summed E-state index contributed by atoms with van der Waals surface area (Å²) in [5, 5.41) is 7.90. The molecule has 5 nitrogen and oxygen atoms in total. The molecule has 0 aliphatic carbocycles. The molecule has 2 aromatic carbocycles. The van der Waals surface area contributed by atoms with E-state index in [1.54, 1.807) is 29.1 Å². The lowest BCUT2D eigenvalue weighted by atomic mass is 10.1. The number of fused-ring (bicyclic) bond motifs is 1. The van der Waals surface area contributed by atoms with Gasteiger partial charge in [-0.3, -0.25) is 4.79 Å². The number of aryl methyl sites for hydroxylation is 1. The van der Waals surface area contributed by atoms with Crippen molar-refractivity contribution in [2.45, 2.75) is 32.4 Å². The molecule has 0 saturated carbocycles. The van der Waals surface area contributed by atoms with Crippen LogP contribution in [0.1, 0.15) is 23.6 Å². The van der Waals surface area contributed by atoms with E-state index in [0.717, 1.165) is 17.5 Å². The summed E-state index contributed by atoms with van der Waals surface area (Å²) >= 11 is 6.01. The van der Waals surface area contributed by atoms with Gasteiger partial charge in [0.2, 0.25) is 0 Å². The first kappa shape index (κ1) is 17.6. The van der Waals surface area contributed by atoms with Crippen molar-refractivity contribution in [3.05, 3.63) is 76.4 Å². The smallest absolute Gasteiger partial charge is 0.266 e. The van der Waals surface area contributed by atoms with Gasteiger partial charge in [-0.05, 0) is 41.3 Å². The van der Waals surface area contributed by atoms with Gasteiger partial charge in [-0.2, -0.15) is 5.10 Å². The third-order valence-corrected chi connectivity index (χ3v) is 4.96. The van der Waals surface area contributed by atoms with Crippen molar-refractivity contribution >= 4 is 23.3 Å². The number of ether oxygens (including phenoxy) is 1. The van der Waals surface area contributed by atoms with E-state index in [9.17, 15) is 4.79 Å². The summed E-state index contributed by atoms with van der Waals surface area (Å²) in [6, 6.07) is 15.6. The molecule has 3 aromatic rings. The van der Waals surface area contributed by atoms with Crippen LogP contribution in [0.4, 0.5) is 5.82 Å². The quantitative estimate of drug-likeness (QED) is 0.724. The number of benzene rings is 2. The van der Waals surface area contributed by atoms with Gasteiger partial charge in [-0.1, -0.05) is 42.8 Å². The fourth-order valence-corrected chi connectivity index (χ4v) is 3.38. The average Bonchev–Trinajstić information content (AvgIpc) is 3.29. The molecule has 27 heavy (non-hydrogen) atoms. The summed E-state index contributed by atoms with van der Waals surface area (Å²) in [5.74, 6) is 1.17. The normalized spacial score (nSPS) is 15.3. The van der Waals surface area contributed by atoms with Crippen LogP contribution < -0.4 is 10.1 Å². The van der Waals surface area contributed by atoms with Crippen LogP contribution in [-0.2, 0) is 24.2 Å². The molecule has 1 aliphatic heterocycles. The number of carbonyl (C=O) groups excluding carboxylic acids is 1. The molecule has 1 atom stereocenters. The first-order valence-corrected chi connectivity index (χ1v) is 9.36. The Morgan fingerprint density at radius 3 is 2.78 bits per heavy atom. The van der Waals surface area contributed by atoms with Gasteiger partial charge in [0.05, 0.1) is 12.7 Å². The number of hydrogen-bond donors (Lipinski definition) is 1. The third-order valence-electron chi connectivity index (χ3n) is 4.72. The van der Waals surface area contributed by atoms with Crippen molar-refractivity contribution in [1.82, 2.24) is 9.78 Å². The molecule has 6 heteroatoms. The maximum absolute atomic E-state index is 12.6. The third kappa shape index (κ3) is 3.83. The molecule has 1 N–H and O–H groups in total. The highest BCUT2D eigenvalue weighted by atomic mass is 35.5.